The summed E-state index contributed by atoms with van der Waals surface area (Å²) in [4.78, 5) is 15.6. The average Bonchev–Trinajstić information content (AvgIpc) is 2.78. The van der Waals surface area contributed by atoms with Crippen LogP contribution in [0.5, 0.6) is 0 Å². The first-order valence-corrected chi connectivity index (χ1v) is 11.6. The Morgan fingerprint density at radius 2 is 1.70 bits per heavy atom. The van der Waals surface area contributed by atoms with Gasteiger partial charge in [0, 0.05) is 35.5 Å². The van der Waals surface area contributed by atoms with Crippen molar-refractivity contribution in [2.75, 3.05) is 22.3 Å². The summed E-state index contributed by atoms with van der Waals surface area (Å²) in [6.07, 6.45) is 1.90. The van der Waals surface area contributed by atoms with E-state index in [1.807, 2.05) is 48.2 Å². The highest BCUT2D eigenvalue weighted by Crippen LogP contribution is 2.43. The number of fused-ring (bicyclic) bond motifs is 4. The number of hydrogen-bond donors (Lipinski definition) is 0. The second-order valence-electron chi connectivity index (χ2n) is 7.59. The summed E-state index contributed by atoms with van der Waals surface area (Å²) >= 11 is 0. The molecule has 0 bridgehead atoms. The van der Waals surface area contributed by atoms with Crippen LogP contribution >= 0.6 is 0 Å². The first-order chi connectivity index (χ1) is 14.5. The van der Waals surface area contributed by atoms with Gasteiger partial charge in [-0.15, -0.1) is 0 Å². The highest BCUT2D eigenvalue weighted by Gasteiger charge is 2.34. The van der Waals surface area contributed by atoms with Crippen LogP contribution in [-0.2, 0) is 16.4 Å². The number of nitrogens with zero attached hydrogens (tertiary/aromatic N) is 2. The molecule has 0 spiro atoms. The molecule has 2 heterocycles. The van der Waals surface area contributed by atoms with Gasteiger partial charge in [0.1, 0.15) is 0 Å². The molecule has 3 aromatic rings. The van der Waals surface area contributed by atoms with Crippen LogP contribution in [-0.4, -0.2) is 27.4 Å². The van der Waals surface area contributed by atoms with Gasteiger partial charge in [0.05, 0.1) is 10.6 Å². The Labute approximate surface area is 176 Å². The smallest absolute Gasteiger partial charge is 0.264 e. The minimum absolute atomic E-state index is 0.0566. The summed E-state index contributed by atoms with van der Waals surface area (Å²) in [5.41, 5.74) is 4.75. The average molecular weight is 419 g/mol. The Balaban J connectivity index is 1.63. The summed E-state index contributed by atoms with van der Waals surface area (Å²) in [5, 5.41) is 0. The standard InChI is InChI=1S/C24H22N2O3S/c1-2-26-22-14-13-18(16-20(22)19-10-4-6-12-23(19)30(26,28)29)24(27)25-15-7-9-17-8-3-5-11-21(17)25/h3-6,8,10-14,16H,2,7,9,15H2,1H3. The number of amides is 1. The Bertz CT molecular complexity index is 1270. The highest BCUT2D eigenvalue weighted by atomic mass is 32.2. The molecule has 3 aromatic carbocycles. The third-order valence-corrected chi connectivity index (χ3v) is 7.85. The molecule has 0 aromatic heterocycles. The van der Waals surface area contributed by atoms with Crippen molar-refractivity contribution in [1.82, 2.24) is 0 Å². The van der Waals surface area contributed by atoms with Gasteiger partial charge in [-0.3, -0.25) is 9.10 Å². The molecule has 0 N–H and O–H groups in total. The molecule has 1 amide bonds. The van der Waals surface area contributed by atoms with Crippen molar-refractivity contribution in [1.29, 1.82) is 0 Å². The molecular formula is C24H22N2O3S. The molecule has 152 valence electrons. The Kier molecular flexibility index (Phi) is 4.40. The fourth-order valence-corrected chi connectivity index (χ4v) is 6.21. The topological polar surface area (TPSA) is 57.7 Å². The van der Waals surface area contributed by atoms with E-state index >= 15 is 0 Å². The molecule has 6 heteroatoms. The first-order valence-electron chi connectivity index (χ1n) is 10.2. The number of sulfonamides is 1. The van der Waals surface area contributed by atoms with E-state index in [0.717, 1.165) is 24.1 Å². The van der Waals surface area contributed by atoms with Gasteiger partial charge in [0.15, 0.2) is 0 Å². The largest absolute Gasteiger partial charge is 0.308 e. The predicted octanol–water partition coefficient (Wildman–Crippen LogP) is 4.48. The quantitative estimate of drug-likeness (QED) is 0.617. The number of para-hydroxylation sites is 1. The van der Waals surface area contributed by atoms with E-state index < -0.39 is 10.0 Å². The SMILES string of the molecule is CCN1c2ccc(C(=O)N3CCCc4ccccc43)cc2-c2ccccc2S1(=O)=O. The van der Waals surface area contributed by atoms with Gasteiger partial charge in [0.25, 0.3) is 15.9 Å². The number of rotatable bonds is 2. The molecule has 5 nitrogen and oxygen atoms in total. The molecule has 2 aliphatic rings. The number of carbonyl (C=O) groups excluding carboxylic acids is 1. The lowest BCUT2D eigenvalue weighted by Crippen LogP contribution is -2.36. The van der Waals surface area contributed by atoms with Crippen molar-refractivity contribution < 1.29 is 13.2 Å². The third kappa shape index (κ3) is 2.75. The third-order valence-electron chi connectivity index (χ3n) is 5.90. The second kappa shape index (κ2) is 6.99. The summed E-state index contributed by atoms with van der Waals surface area (Å²) in [7, 11) is -3.60. The summed E-state index contributed by atoms with van der Waals surface area (Å²) in [6, 6.07) is 20.4. The van der Waals surface area contributed by atoms with E-state index in [1.165, 1.54) is 9.87 Å². The number of benzene rings is 3. The Morgan fingerprint density at radius 1 is 0.933 bits per heavy atom. The normalized spacial score (nSPS) is 16.4. The first kappa shape index (κ1) is 18.9. The van der Waals surface area contributed by atoms with Crippen molar-refractivity contribution in [3.05, 3.63) is 77.9 Å². The van der Waals surface area contributed by atoms with E-state index in [4.69, 9.17) is 0 Å². The van der Waals surface area contributed by atoms with Crippen LogP contribution in [0.15, 0.2) is 71.6 Å². The lowest BCUT2D eigenvalue weighted by Gasteiger charge is -2.32. The van der Waals surface area contributed by atoms with Gasteiger partial charge >= 0.3 is 0 Å². The monoisotopic (exact) mass is 418 g/mol. The van der Waals surface area contributed by atoms with Crippen LogP contribution in [0.2, 0.25) is 0 Å². The maximum Gasteiger partial charge on any atom is 0.264 e. The molecule has 0 saturated heterocycles. The maximum atomic E-state index is 13.4. The summed E-state index contributed by atoms with van der Waals surface area (Å²) in [6.45, 7) is 2.83. The van der Waals surface area contributed by atoms with Crippen molar-refractivity contribution in [3.8, 4) is 11.1 Å². The van der Waals surface area contributed by atoms with E-state index in [-0.39, 0.29) is 10.8 Å². The zero-order chi connectivity index (χ0) is 20.9. The number of hydrogen-bond acceptors (Lipinski definition) is 3. The minimum Gasteiger partial charge on any atom is -0.308 e. The molecule has 0 radical (unpaired) electrons. The van der Waals surface area contributed by atoms with Crippen molar-refractivity contribution in [3.63, 3.8) is 0 Å². The molecule has 0 atom stereocenters. The lowest BCUT2D eigenvalue weighted by molar-refractivity contribution is 0.0985. The number of aryl methyl sites for hydroxylation is 1. The van der Waals surface area contributed by atoms with E-state index in [1.54, 1.807) is 24.3 Å². The predicted molar refractivity (Wildman–Crippen MR) is 119 cm³/mol. The van der Waals surface area contributed by atoms with Crippen molar-refractivity contribution in [2.24, 2.45) is 0 Å². The summed E-state index contributed by atoms with van der Waals surface area (Å²) < 4.78 is 27.5. The number of anilines is 2. The van der Waals surface area contributed by atoms with Crippen LogP contribution in [0.1, 0.15) is 29.3 Å². The van der Waals surface area contributed by atoms with Gasteiger partial charge < -0.3 is 4.90 Å². The molecule has 30 heavy (non-hydrogen) atoms. The molecular weight excluding hydrogens is 396 g/mol. The van der Waals surface area contributed by atoms with Crippen LogP contribution in [0.3, 0.4) is 0 Å². The van der Waals surface area contributed by atoms with Crippen LogP contribution in [0.25, 0.3) is 11.1 Å². The van der Waals surface area contributed by atoms with E-state index in [9.17, 15) is 13.2 Å². The molecule has 5 rings (SSSR count). The van der Waals surface area contributed by atoms with Gasteiger partial charge in [-0.05, 0) is 55.7 Å². The van der Waals surface area contributed by atoms with Gasteiger partial charge in [-0.2, -0.15) is 0 Å². The van der Waals surface area contributed by atoms with Crippen LogP contribution in [0, 0.1) is 0 Å². The van der Waals surface area contributed by atoms with Crippen molar-refractivity contribution >= 4 is 27.3 Å². The fourth-order valence-electron chi connectivity index (χ4n) is 4.51. The minimum atomic E-state index is -3.60. The van der Waals surface area contributed by atoms with E-state index in [2.05, 4.69) is 6.07 Å². The lowest BCUT2D eigenvalue weighted by atomic mass is 9.98. The van der Waals surface area contributed by atoms with Crippen LogP contribution < -0.4 is 9.21 Å². The zero-order valence-electron chi connectivity index (χ0n) is 16.7. The number of carbonyl (C=O) groups is 1. The molecule has 0 fully saturated rings. The van der Waals surface area contributed by atoms with Gasteiger partial charge in [-0.1, -0.05) is 36.4 Å². The zero-order valence-corrected chi connectivity index (χ0v) is 17.5. The highest BCUT2D eigenvalue weighted by molar-refractivity contribution is 7.93. The van der Waals surface area contributed by atoms with Gasteiger partial charge in [0.2, 0.25) is 0 Å². The maximum absolute atomic E-state index is 13.4. The Hall–Kier alpha value is -3.12. The fraction of sp³-hybridized carbons (Fsp3) is 0.208. The van der Waals surface area contributed by atoms with E-state index in [0.29, 0.717) is 29.9 Å². The molecule has 2 aliphatic heterocycles. The Morgan fingerprint density at radius 3 is 2.53 bits per heavy atom. The molecule has 0 saturated carbocycles. The molecule has 0 unspecified atom stereocenters. The van der Waals surface area contributed by atoms with Crippen molar-refractivity contribution in [2.45, 2.75) is 24.7 Å². The van der Waals surface area contributed by atoms with Crippen LogP contribution in [0.4, 0.5) is 11.4 Å². The second-order valence-corrected chi connectivity index (χ2v) is 9.42. The summed E-state index contributed by atoms with van der Waals surface area (Å²) in [5.74, 6) is -0.0566. The molecule has 0 aliphatic carbocycles. The van der Waals surface area contributed by atoms with Gasteiger partial charge in [-0.25, -0.2) is 8.42 Å².